The number of fused-ring (bicyclic) bond motifs is 15. The molecule has 0 aliphatic carbocycles. The zero-order valence-corrected chi connectivity index (χ0v) is 30.4. The van der Waals surface area contributed by atoms with E-state index in [1.807, 2.05) is 42.5 Å². The van der Waals surface area contributed by atoms with Crippen molar-refractivity contribution in [1.29, 1.82) is 0 Å². The molecule has 3 aliphatic heterocycles. The molecule has 3 atom stereocenters. The van der Waals surface area contributed by atoms with Gasteiger partial charge in [-0.15, -0.1) is 0 Å². The number of methoxy groups -OCH3 is 2. The van der Waals surface area contributed by atoms with Gasteiger partial charge in [0, 0.05) is 51.6 Å². The van der Waals surface area contributed by atoms with Crippen molar-refractivity contribution in [1.82, 2.24) is 26.2 Å². The molecule has 2 bridgehead atoms. The highest BCUT2D eigenvalue weighted by atomic mass is 16.5. The van der Waals surface area contributed by atoms with Crippen molar-refractivity contribution in [2.24, 2.45) is 0 Å². The fourth-order valence-electron chi connectivity index (χ4n) is 6.43. The van der Waals surface area contributed by atoms with Gasteiger partial charge in [0.1, 0.15) is 42.0 Å². The molecule has 4 amide bonds. The summed E-state index contributed by atoms with van der Waals surface area (Å²) in [5, 5.41) is 20.8. The number of aliphatic hydroxyl groups is 1. The molecule has 1 saturated heterocycles. The first-order valence-corrected chi connectivity index (χ1v) is 17.8. The van der Waals surface area contributed by atoms with E-state index >= 15 is 0 Å². The molecule has 6 rings (SSSR count). The van der Waals surface area contributed by atoms with Gasteiger partial charge in [0.25, 0.3) is 5.91 Å². The van der Waals surface area contributed by atoms with E-state index in [1.165, 1.54) is 6.92 Å². The number of nitrogens with one attached hydrogen (secondary N) is 4. The Kier molecular flexibility index (Phi) is 13.7. The lowest BCUT2D eigenvalue weighted by Gasteiger charge is -2.41. The van der Waals surface area contributed by atoms with E-state index < -0.39 is 54.0 Å². The van der Waals surface area contributed by atoms with Crippen LogP contribution >= 0.6 is 0 Å². The molecule has 3 aliphatic rings. The van der Waals surface area contributed by atoms with Gasteiger partial charge in [0.05, 0.1) is 26.9 Å². The number of hydrogen-bond acceptors (Lipinski definition) is 10. The number of hydrogen-bond donors (Lipinski definition) is 5. The van der Waals surface area contributed by atoms with Crippen molar-refractivity contribution in [3.8, 4) is 17.2 Å². The largest absolute Gasteiger partial charge is 0.496 e. The number of piperidine rings is 1. The van der Waals surface area contributed by atoms with Gasteiger partial charge < -0.3 is 45.3 Å². The van der Waals surface area contributed by atoms with Crippen molar-refractivity contribution >= 4 is 23.6 Å². The van der Waals surface area contributed by atoms with E-state index in [-0.39, 0.29) is 19.6 Å². The number of aliphatic hydroxyl groups excluding tert-OH is 1. The van der Waals surface area contributed by atoms with E-state index in [4.69, 9.17) is 18.9 Å². The van der Waals surface area contributed by atoms with Crippen LogP contribution in [-0.2, 0) is 43.5 Å². The molecule has 3 heterocycles. The molecule has 284 valence electrons. The minimum absolute atomic E-state index is 0.104. The van der Waals surface area contributed by atoms with Gasteiger partial charge >= 0.3 is 0 Å². The molecule has 0 unspecified atom stereocenters. The number of ether oxygens (including phenoxy) is 4. The maximum absolute atomic E-state index is 14.5. The van der Waals surface area contributed by atoms with Gasteiger partial charge in [-0.2, -0.15) is 0 Å². The SMILES string of the molecule is COCc1cc(CN2CCC3(CC2)Oc2ccc(cc2)OCCNC(=O)[C@H](C)NC(=O)[C@H](CO)NC(=O)[C@@H](Cc2ccccc2)NC3=O)ccc1OC. The zero-order valence-electron chi connectivity index (χ0n) is 30.4. The Morgan fingerprint density at radius 2 is 1.53 bits per heavy atom. The summed E-state index contributed by atoms with van der Waals surface area (Å²) >= 11 is 0. The van der Waals surface area contributed by atoms with Crippen molar-refractivity contribution in [3.05, 3.63) is 89.5 Å². The minimum Gasteiger partial charge on any atom is -0.496 e. The molecule has 5 N–H and O–H groups in total. The second kappa shape index (κ2) is 18.5. The van der Waals surface area contributed by atoms with E-state index in [0.717, 1.165) is 22.4 Å². The molecule has 0 saturated carbocycles. The lowest BCUT2D eigenvalue weighted by Crippen LogP contribution is -2.62. The van der Waals surface area contributed by atoms with Crippen LogP contribution in [-0.4, -0.2) is 104 Å². The normalized spacial score (nSPS) is 21.7. The van der Waals surface area contributed by atoms with Gasteiger partial charge in [0.15, 0.2) is 5.60 Å². The molecule has 14 heteroatoms. The highest BCUT2D eigenvalue weighted by Gasteiger charge is 2.45. The third kappa shape index (κ3) is 10.5. The van der Waals surface area contributed by atoms with Crippen LogP contribution in [0.25, 0.3) is 0 Å². The van der Waals surface area contributed by atoms with Gasteiger partial charge in [-0.1, -0.05) is 36.4 Å². The predicted molar refractivity (Wildman–Crippen MR) is 195 cm³/mol. The lowest BCUT2D eigenvalue weighted by atomic mass is 9.88. The standard InChI is InChI=1S/C39H49N5O9/c1-26-35(46)40-17-20-52-30-10-12-31(13-11-30)53-39(15-18-44(19-16-39)23-28-9-14-34(51-3)29(21-28)25-50-2)38(49)43-32(22-27-7-5-4-6-8-27)36(47)42-33(24-45)37(48)41-26/h4-14,21,26,32-33,45H,15-20,22-25H2,1-3H3,(H,40,46)(H,41,48)(H,42,47)(H,43,49)/t26-,32+,33-/m0/s1. The maximum atomic E-state index is 14.5. The molecular formula is C39H49N5O9. The van der Waals surface area contributed by atoms with Crippen LogP contribution < -0.4 is 35.5 Å². The Bertz CT molecular complexity index is 1700. The van der Waals surface area contributed by atoms with Crippen LogP contribution in [0.4, 0.5) is 0 Å². The van der Waals surface area contributed by atoms with Crippen molar-refractivity contribution in [2.75, 3.05) is 47.1 Å². The lowest BCUT2D eigenvalue weighted by molar-refractivity contribution is -0.144. The molecular weight excluding hydrogens is 682 g/mol. The minimum atomic E-state index is -1.38. The Hall–Kier alpha value is -5.18. The fourth-order valence-corrected chi connectivity index (χ4v) is 6.43. The predicted octanol–water partition coefficient (Wildman–Crippen LogP) is 1.47. The Balaban J connectivity index is 1.42. The van der Waals surface area contributed by atoms with Crippen molar-refractivity contribution in [2.45, 2.75) is 63.1 Å². The van der Waals surface area contributed by atoms with Crippen LogP contribution in [0.15, 0.2) is 72.8 Å². The molecule has 53 heavy (non-hydrogen) atoms. The van der Waals surface area contributed by atoms with Crippen LogP contribution in [0.3, 0.4) is 0 Å². The molecule has 0 radical (unpaired) electrons. The monoisotopic (exact) mass is 731 g/mol. The first-order chi connectivity index (χ1) is 25.6. The number of carbonyl (C=O) groups excluding carboxylic acids is 4. The highest BCUT2D eigenvalue weighted by Crippen LogP contribution is 2.32. The highest BCUT2D eigenvalue weighted by molar-refractivity contribution is 5.95. The van der Waals surface area contributed by atoms with Crippen molar-refractivity contribution in [3.63, 3.8) is 0 Å². The smallest absolute Gasteiger partial charge is 0.264 e. The summed E-state index contributed by atoms with van der Waals surface area (Å²) in [7, 11) is 3.26. The second-order valence-corrected chi connectivity index (χ2v) is 13.3. The first-order valence-electron chi connectivity index (χ1n) is 17.8. The summed E-state index contributed by atoms with van der Waals surface area (Å²) in [6.45, 7) is 3.18. The number of rotatable bonds is 8. The third-order valence-electron chi connectivity index (χ3n) is 9.41. The molecule has 1 fully saturated rings. The van der Waals surface area contributed by atoms with Crippen LogP contribution in [0.2, 0.25) is 0 Å². The molecule has 0 aromatic heterocycles. The number of likely N-dealkylation sites (tertiary alicyclic amines) is 1. The van der Waals surface area contributed by atoms with E-state index in [1.54, 1.807) is 38.5 Å². The summed E-state index contributed by atoms with van der Waals surface area (Å²) in [4.78, 5) is 56.3. The summed E-state index contributed by atoms with van der Waals surface area (Å²) in [5.41, 5.74) is 1.44. The third-order valence-corrected chi connectivity index (χ3v) is 9.41. The van der Waals surface area contributed by atoms with Gasteiger partial charge in [-0.25, -0.2) is 0 Å². The van der Waals surface area contributed by atoms with E-state index in [9.17, 15) is 24.3 Å². The van der Waals surface area contributed by atoms with E-state index in [0.29, 0.717) is 50.6 Å². The Morgan fingerprint density at radius 3 is 2.21 bits per heavy atom. The molecule has 3 aromatic carbocycles. The quantitative estimate of drug-likeness (QED) is 0.214. The molecule has 3 aromatic rings. The number of amides is 4. The average molecular weight is 732 g/mol. The van der Waals surface area contributed by atoms with Gasteiger partial charge in [-0.3, -0.25) is 24.1 Å². The van der Waals surface area contributed by atoms with Crippen LogP contribution in [0.1, 0.15) is 36.5 Å². The van der Waals surface area contributed by atoms with Gasteiger partial charge in [0.2, 0.25) is 17.7 Å². The number of nitrogens with zero attached hydrogens (tertiary/aromatic N) is 1. The van der Waals surface area contributed by atoms with Gasteiger partial charge in [-0.05, 0) is 54.4 Å². The van der Waals surface area contributed by atoms with E-state index in [2.05, 4.69) is 32.2 Å². The Morgan fingerprint density at radius 1 is 0.830 bits per heavy atom. The summed E-state index contributed by atoms with van der Waals surface area (Å²) in [6, 6.07) is 18.6. The topological polar surface area (TPSA) is 177 Å². The summed E-state index contributed by atoms with van der Waals surface area (Å²) in [6.07, 6.45) is 0.737. The summed E-state index contributed by atoms with van der Waals surface area (Å²) < 4.78 is 23.2. The van der Waals surface area contributed by atoms with Crippen molar-refractivity contribution < 1.29 is 43.2 Å². The number of carbonyl (C=O) groups is 4. The second-order valence-electron chi connectivity index (χ2n) is 13.3. The summed E-state index contributed by atoms with van der Waals surface area (Å²) in [5.74, 6) is -0.649. The fraction of sp³-hybridized carbons (Fsp3) is 0.436. The number of benzene rings is 3. The van der Waals surface area contributed by atoms with Crippen LogP contribution in [0.5, 0.6) is 17.2 Å². The maximum Gasteiger partial charge on any atom is 0.264 e. The first kappa shape index (κ1) is 39.0. The average Bonchev–Trinajstić information content (AvgIpc) is 3.16. The Labute approximate surface area is 309 Å². The molecule has 1 spiro atoms. The molecule has 14 nitrogen and oxygen atoms in total. The zero-order chi connectivity index (χ0) is 37.8. The van der Waals surface area contributed by atoms with Crippen LogP contribution in [0, 0.1) is 0 Å².